The molecular weight excluding hydrogens is 192 g/mol. The fourth-order valence-corrected chi connectivity index (χ4v) is 1.63. The van der Waals surface area contributed by atoms with Gasteiger partial charge in [0.05, 0.1) is 0 Å². The Morgan fingerprint density at radius 3 is 2.60 bits per heavy atom. The molecule has 0 heterocycles. The first kappa shape index (κ1) is 14.4. The quantitative estimate of drug-likeness (QED) is 0.553. The van der Waals surface area contributed by atoms with Crippen LogP contribution >= 0.6 is 0 Å². The van der Waals surface area contributed by atoms with Gasteiger partial charge in [0.2, 0.25) is 5.91 Å². The molecule has 0 aromatic heterocycles. The van der Waals surface area contributed by atoms with Crippen LogP contribution < -0.4 is 11.1 Å². The highest BCUT2D eigenvalue weighted by atomic mass is 16.3. The molecule has 4 N–H and O–H groups in total. The van der Waals surface area contributed by atoms with Gasteiger partial charge in [-0.05, 0) is 24.7 Å². The van der Waals surface area contributed by atoms with E-state index in [1.807, 2.05) is 0 Å². The summed E-state index contributed by atoms with van der Waals surface area (Å²) in [5.41, 5.74) is 5.27. The summed E-state index contributed by atoms with van der Waals surface area (Å²) in [6, 6.07) is 0. The second-order valence-electron chi connectivity index (χ2n) is 4.35. The van der Waals surface area contributed by atoms with Gasteiger partial charge >= 0.3 is 0 Å². The minimum atomic E-state index is 0.00389. The third-order valence-corrected chi connectivity index (χ3v) is 2.30. The van der Waals surface area contributed by atoms with Crippen LogP contribution in [0.1, 0.15) is 33.1 Å². The van der Waals surface area contributed by atoms with Crippen LogP contribution in [0.4, 0.5) is 0 Å². The second-order valence-corrected chi connectivity index (χ2v) is 4.35. The lowest BCUT2D eigenvalue weighted by Gasteiger charge is -2.18. The summed E-state index contributed by atoms with van der Waals surface area (Å²) in [5, 5.41) is 11.7. The maximum Gasteiger partial charge on any atom is 0.221 e. The monoisotopic (exact) mass is 216 g/mol. The molecule has 15 heavy (non-hydrogen) atoms. The summed E-state index contributed by atoms with van der Waals surface area (Å²) in [7, 11) is 0. The third-order valence-electron chi connectivity index (χ3n) is 2.30. The van der Waals surface area contributed by atoms with Gasteiger partial charge < -0.3 is 16.2 Å². The molecule has 1 atom stereocenters. The van der Waals surface area contributed by atoms with Crippen molar-refractivity contribution in [1.29, 1.82) is 0 Å². The van der Waals surface area contributed by atoms with Crippen LogP contribution in [0.15, 0.2) is 0 Å². The maximum atomic E-state index is 11.2. The van der Waals surface area contributed by atoms with E-state index in [9.17, 15) is 4.79 Å². The molecular formula is C11H24N2O2. The van der Waals surface area contributed by atoms with Crippen LogP contribution in [-0.2, 0) is 4.79 Å². The van der Waals surface area contributed by atoms with Crippen LogP contribution in [0.3, 0.4) is 0 Å². The molecule has 4 heteroatoms. The van der Waals surface area contributed by atoms with Gasteiger partial charge in [0, 0.05) is 26.1 Å². The van der Waals surface area contributed by atoms with Crippen molar-refractivity contribution in [1.82, 2.24) is 5.32 Å². The summed E-state index contributed by atoms with van der Waals surface area (Å²) >= 11 is 0. The molecule has 0 spiro atoms. The molecule has 0 radical (unpaired) electrons. The van der Waals surface area contributed by atoms with E-state index in [0.717, 1.165) is 12.8 Å². The zero-order valence-electron chi connectivity index (χ0n) is 9.83. The molecule has 0 bridgehead atoms. The van der Waals surface area contributed by atoms with Crippen LogP contribution in [-0.4, -0.2) is 30.7 Å². The summed E-state index contributed by atoms with van der Waals surface area (Å²) < 4.78 is 0. The van der Waals surface area contributed by atoms with Crippen molar-refractivity contribution in [2.75, 3.05) is 19.7 Å². The molecule has 0 aromatic carbocycles. The molecule has 0 aliphatic rings. The standard InChI is InChI=1S/C11H24N2O2/c1-9(2)7-10(4-6-14)8-13-11(15)3-5-12/h9-10,14H,3-8,12H2,1-2H3,(H,13,15). The van der Waals surface area contributed by atoms with Crippen molar-refractivity contribution in [3.05, 3.63) is 0 Å². The molecule has 0 saturated carbocycles. The lowest BCUT2D eigenvalue weighted by molar-refractivity contribution is -0.121. The van der Waals surface area contributed by atoms with Crippen molar-refractivity contribution >= 4 is 5.91 Å². The highest BCUT2D eigenvalue weighted by molar-refractivity contribution is 5.75. The Balaban J connectivity index is 3.78. The number of amides is 1. The van der Waals surface area contributed by atoms with Crippen LogP contribution in [0, 0.1) is 11.8 Å². The third kappa shape index (κ3) is 8.39. The zero-order chi connectivity index (χ0) is 11.7. The first-order valence-electron chi connectivity index (χ1n) is 5.67. The van der Waals surface area contributed by atoms with E-state index in [4.69, 9.17) is 10.8 Å². The van der Waals surface area contributed by atoms with E-state index in [2.05, 4.69) is 19.2 Å². The fraction of sp³-hybridized carbons (Fsp3) is 0.909. The zero-order valence-corrected chi connectivity index (χ0v) is 9.83. The number of nitrogens with two attached hydrogens (primary N) is 1. The van der Waals surface area contributed by atoms with Gasteiger partial charge in [-0.25, -0.2) is 0 Å². The largest absolute Gasteiger partial charge is 0.396 e. The first-order chi connectivity index (χ1) is 7.10. The number of aliphatic hydroxyl groups excluding tert-OH is 1. The van der Waals surface area contributed by atoms with Gasteiger partial charge in [-0.3, -0.25) is 4.79 Å². The molecule has 0 aliphatic heterocycles. The Labute approximate surface area is 92.2 Å². The summed E-state index contributed by atoms with van der Waals surface area (Å²) in [6.45, 7) is 5.51. The second kappa shape index (κ2) is 8.68. The smallest absolute Gasteiger partial charge is 0.221 e. The molecule has 4 nitrogen and oxygen atoms in total. The van der Waals surface area contributed by atoms with Crippen molar-refractivity contribution in [3.8, 4) is 0 Å². The van der Waals surface area contributed by atoms with Gasteiger partial charge in [-0.15, -0.1) is 0 Å². The molecule has 90 valence electrons. The minimum absolute atomic E-state index is 0.00389. The average Bonchev–Trinajstić information content (AvgIpc) is 2.14. The summed E-state index contributed by atoms with van der Waals surface area (Å²) in [4.78, 5) is 11.2. The molecule has 1 amide bonds. The highest BCUT2D eigenvalue weighted by Crippen LogP contribution is 2.14. The Morgan fingerprint density at radius 2 is 2.13 bits per heavy atom. The van der Waals surface area contributed by atoms with Crippen LogP contribution in [0.5, 0.6) is 0 Å². The van der Waals surface area contributed by atoms with E-state index < -0.39 is 0 Å². The highest BCUT2D eigenvalue weighted by Gasteiger charge is 2.11. The summed E-state index contributed by atoms with van der Waals surface area (Å²) in [6.07, 6.45) is 2.16. The predicted octanol–water partition coefficient (Wildman–Crippen LogP) is 0.496. The van der Waals surface area contributed by atoms with E-state index in [1.54, 1.807) is 0 Å². The molecule has 0 rings (SSSR count). The lowest BCUT2D eigenvalue weighted by atomic mass is 9.94. The van der Waals surface area contributed by atoms with Crippen molar-refractivity contribution < 1.29 is 9.90 Å². The number of hydrogen-bond donors (Lipinski definition) is 3. The number of carbonyl (C=O) groups is 1. The molecule has 0 aromatic rings. The van der Waals surface area contributed by atoms with E-state index >= 15 is 0 Å². The number of hydrogen-bond acceptors (Lipinski definition) is 3. The summed E-state index contributed by atoms with van der Waals surface area (Å²) in [5.74, 6) is 0.967. The van der Waals surface area contributed by atoms with Crippen LogP contribution in [0.25, 0.3) is 0 Å². The lowest BCUT2D eigenvalue weighted by Crippen LogP contribution is -2.31. The molecule has 0 aliphatic carbocycles. The average molecular weight is 216 g/mol. The topological polar surface area (TPSA) is 75.3 Å². The van der Waals surface area contributed by atoms with Gasteiger partial charge in [-0.1, -0.05) is 13.8 Å². The van der Waals surface area contributed by atoms with E-state index in [1.165, 1.54) is 0 Å². The Bertz CT molecular complexity index is 172. The number of rotatable bonds is 8. The maximum absolute atomic E-state index is 11.2. The van der Waals surface area contributed by atoms with Crippen LogP contribution in [0.2, 0.25) is 0 Å². The first-order valence-corrected chi connectivity index (χ1v) is 5.67. The number of aliphatic hydroxyl groups is 1. The van der Waals surface area contributed by atoms with Gasteiger partial charge in [0.25, 0.3) is 0 Å². The van der Waals surface area contributed by atoms with E-state index in [-0.39, 0.29) is 12.5 Å². The van der Waals surface area contributed by atoms with Gasteiger partial charge in [-0.2, -0.15) is 0 Å². The SMILES string of the molecule is CC(C)CC(CCO)CNC(=O)CCN. The van der Waals surface area contributed by atoms with Crippen molar-refractivity contribution in [2.24, 2.45) is 17.6 Å². The predicted molar refractivity (Wildman–Crippen MR) is 61.3 cm³/mol. The Morgan fingerprint density at radius 1 is 1.47 bits per heavy atom. The van der Waals surface area contributed by atoms with E-state index in [0.29, 0.717) is 31.3 Å². The fourth-order valence-electron chi connectivity index (χ4n) is 1.63. The van der Waals surface area contributed by atoms with Gasteiger partial charge in [0.15, 0.2) is 0 Å². The molecule has 1 unspecified atom stereocenters. The Hall–Kier alpha value is -0.610. The number of nitrogens with one attached hydrogen (secondary N) is 1. The Kier molecular flexibility index (Phi) is 8.33. The van der Waals surface area contributed by atoms with Crippen molar-refractivity contribution in [2.45, 2.75) is 33.1 Å². The normalized spacial score (nSPS) is 12.9. The molecule has 0 fully saturated rings. The number of carbonyl (C=O) groups excluding carboxylic acids is 1. The molecule has 0 saturated heterocycles. The minimum Gasteiger partial charge on any atom is -0.396 e. The van der Waals surface area contributed by atoms with Crippen molar-refractivity contribution in [3.63, 3.8) is 0 Å². The van der Waals surface area contributed by atoms with Gasteiger partial charge in [0.1, 0.15) is 0 Å².